The summed E-state index contributed by atoms with van der Waals surface area (Å²) >= 11 is 0. The Morgan fingerprint density at radius 2 is 1.77 bits per heavy atom. The third-order valence-corrected chi connectivity index (χ3v) is 6.76. The third-order valence-electron chi connectivity index (χ3n) is 4.94. The molecule has 1 heterocycles. The lowest BCUT2D eigenvalue weighted by Gasteiger charge is -2.30. The van der Waals surface area contributed by atoms with E-state index in [0.29, 0.717) is 5.56 Å². The van der Waals surface area contributed by atoms with Gasteiger partial charge in [-0.3, -0.25) is 20.4 Å². The first-order chi connectivity index (χ1) is 14.8. The maximum Gasteiger partial charge on any atom is 0.257 e. The van der Waals surface area contributed by atoms with Crippen LogP contribution in [0.2, 0.25) is 0 Å². The molecule has 0 atom stereocenters. The fourth-order valence-corrected chi connectivity index (χ4v) is 4.46. The molecule has 2 aromatic rings. The number of carbonyl (C=O) groups is 2. The lowest BCUT2D eigenvalue weighted by molar-refractivity contribution is -0.128. The van der Waals surface area contributed by atoms with Crippen molar-refractivity contribution in [3.05, 3.63) is 59.7 Å². The van der Waals surface area contributed by atoms with Gasteiger partial charge in [-0.25, -0.2) is 8.42 Å². The fraction of sp³-hybridized carbons (Fsp3) is 0.286. The molecule has 0 fully saturated rings. The number of nitriles is 1. The van der Waals surface area contributed by atoms with E-state index in [2.05, 4.69) is 10.9 Å². The molecular weight excluding hydrogens is 418 g/mol. The minimum Gasteiger partial charge on any atom is -0.362 e. The van der Waals surface area contributed by atoms with E-state index in [1.165, 1.54) is 36.9 Å². The first kappa shape index (κ1) is 22.3. The average Bonchev–Trinajstić information content (AvgIpc) is 2.78. The Kier molecular flexibility index (Phi) is 6.89. The highest BCUT2D eigenvalue weighted by Gasteiger charge is 2.23. The molecule has 0 radical (unpaired) electrons. The van der Waals surface area contributed by atoms with Crippen LogP contribution in [0.4, 0.5) is 5.69 Å². The van der Waals surface area contributed by atoms with Gasteiger partial charge in [-0.05, 0) is 48.7 Å². The van der Waals surface area contributed by atoms with E-state index in [9.17, 15) is 18.0 Å². The lowest BCUT2D eigenvalue weighted by Crippen LogP contribution is -2.50. The van der Waals surface area contributed by atoms with Crippen LogP contribution in [0.3, 0.4) is 0 Å². The number of nitrogens with one attached hydrogen (secondary N) is 2. The van der Waals surface area contributed by atoms with Gasteiger partial charge in [0, 0.05) is 19.3 Å². The van der Waals surface area contributed by atoms with E-state index in [0.717, 1.165) is 29.4 Å². The molecule has 0 saturated heterocycles. The van der Waals surface area contributed by atoms with E-state index < -0.39 is 28.4 Å². The van der Waals surface area contributed by atoms with Gasteiger partial charge < -0.3 is 4.90 Å². The Bertz CT molecular complexity index is 1110. The summed E-state index contributed by atoms with van der Waals surface area (Å²) in [5.41, 5.74) is 7.10. The summed E-state index contributed by atoms with van der Waals surface area (Å²) in [5.74, 6) is -1.07. The van der Waals surface area contributed by atoms with E-state index in [4.69, 9.17) is 5.26 Å². The highest BCUT2D eigenvalue weighted by atomic mass is 32.2. The average molecular weight is 442 g/mol. The summed E-state index contributed by atoms with van der Waals surface area (Å²) in [6.07, 6.45) is 1.90. The molecule has 0 unspecified atom stereocenters. The largest absolute Gasteiger partial charge is 0.362 e. The number of fused-ring (bicyclic) bond motifs is 1. The predicted molar refractivity (Wildman–Crippen MR) is 114 cm³/mol. The molecule has 31 heavy (non-hydrogen) atoms. The molecular formula is C21H23N5O4S. The molecule has 0 aromatic heterocycles. The fourth-order valence-electron chi connectivity index (χ4n) is 3.34. The minimum atomic E-state index is -3.91. The van der Waals surface area contributed by atoms with E-state index in [1.807, 2.05) is 35.2 Å². The Hall–Kier alpha value is -3.42. The second-order valence-electron chi connectivity index (χ2n) is 7.15. The molecule has 0 aliphatic carbocycles. The van der Waals surface area contributed by atoms with Crippen molar-refractivity contribution in [3.63, 3.8) is 0 Å². The molecule has 9 nitrogen and oxygen atoms in total. The van der Waals surface area contributed by atoms with Gasteiger partial charge in [0.2, 0.25) is 10.0 Å². The predicted octanol–water partition coefficient (Wildman–Crippen LogP) is 0.779. The van der Waals surface area contributed by atoms with Gasteiger partial charge in [-0.2, -0.15) is 9.57 Å². The van der Waals surface area contributed by atoms with Crippen molar-refractivity contribution in [1.82, 2.24) is 15.2 Å². The van der Waals surface area contributed by atoms with Crippen LogP contribution < -0.4 is 15.8 Å². The monoisotopic (exact) mass is 441 g/mol. The van der Waals surface area contributed by atoms with Crippen molar-refractivity contribution < 1.29 is 18.0 Å². The van der Waals surface area contributed by atoms with Crippen LogP contribution in [0, 0.1) is 11.3 Å². The van der Waals surface area contributed by atoms with Gasteiger partial charge >= 0.3 is 0 Å². The molecule has 2 amide bonds. The molecule has 1 aliphatic rings. The maximum absolute atomic E-state index is 12.6. The van der Waals surface area contributed by atoms with Crippen molar-refractivity contribution in [2.24, 2.45) is 0 Å². The van der Waals surface area contributed by atoms with Gasteiger partial charge in [0.15, 0.2) is 0 Å². The normalized spacial score (nSPS) is 13.3. The highest BCUT2D eigenvalue weighted by Crippen LogP contribution is 2.26. The summed E-state index contributed by atoms with van der Waals surface area (Å²) in [4.78, 5) is 26.3. The Balaban J connectivity index is 1.51. The van der Waals surface area contributed by atoms with Crippen LogP contribution in [0.25, 0.3) is 0 Å². The molecule has 10 heteroatoms. The number of nitrogens with zero attached hydrogens (tertiary/aromatic N) is 3. The molecule has 0 bridgehead atoms. The number of sulfonamides is 1. The zero-order chi connectivity index (χ0) is 22.4. The van der Waals surface area contributed by atoms with Crippen molar-refractivity contribution >= 4 is 27.5 Å². The third kappa shape index (κ3) is 5.39. The number of likely N-dealkylation sites (N-methyl/N-ethyl adjacent to an activating group) is 1. The summed E-state index contributed by atoms with van der Waals surface area (Å²) in [6.45, 7) is 0.343. The number of hydrogen-bond donors (Lipinski definition) is 2. The minimum absolute atomic E-state index is 0.0328. The summed E-state index contributed by atoms with van der Waals surface area (Å²) in [7, 11) is -2.65. The number of hydrazine groups is 1. The first-order valence-corrected chi connectivity index (χ1v) is 11.1. The number of rotatable bonds is 6. The van der Waals surface area contributed by atoms with Gasteiger partial charge in [-0.15, -0.1) is 0 Å². The van der Waals surface area contributed by atoms with Crippen LogP contribution in [0.1, 0.15) is 17.5 Å². The van der Waals surface area contributed by atoms with Crippen molar-refractivity contribution in [2.45, 2.75) is 17.7 Å². The highest BCUT2D eigenvalue weighted by molar-refractivity contribution is 7.89. The topological polar surface area (TPSA) is 123 Å². The van der Waals surface area contributed by atoms with Gasteiger partial charge in [-0.1, -0.05) is 18.2 Å². The molecule has 2 N–H and O–H groups in total. The van der Waals surface area contributed by atoms with Crippen LogP contribution in [0.15, 0.2) is 53.4 Å². The van der Waals surface area contributed by atoms with Crippen LogP contribution in [0.5, 0.6) is 0 Å². The maximum atomic E-state index is 12.6. The van der Waals surface area contributed by atoms with Crippen molar-refractivity contribution in [2.75, 3.05) is 31.6 Å². The zero-order valence-electron chi connectivity index (χ0n) is 17.0. The van der Waals surface area contributed by atoms with Crippen LogP contribution >= 0.6 is 0 Å². The molecule has 1 aliphatic heterocycles. The van der Waals surface area contributed by atoms with Crippen LogP contribution in [-0.2, 0) is 26.0 Å². The molecule has 162 valence electrons. The molecule has 0 saturated carbocycles. The number of benzene rings is 2. The number of para-hydroxylation sites is 1. The Morgan fingerprint density at radius 1 is 1.10 bits per heavy atom. The zero-order valence-corrected chi connectivity index (χ0v) is 17.9. The smallest absolute Gasteiger partial charge is 0.257 e. The van der Waals surface area contributed by atoms with E-state index in [1.54, 1.807) is 0 Å². The number of anilines is 1. The van der Waals surface area contributed by atoms with Gasteiger partial charge in [0.1, 0.15) is 0 Å². The summed E-state index contributed by atoms with van der Waals surface area (Å²) in [5, 5.41) is 8.81. The summed E-state index contributed by atoms with van der Waals surface area (Å²) < 4.78 is 26.0. The van der Waals surface area contributed by atoms with E-state index >= 15 is 0 Å². The quantitative estimate of drug-likeness (QED) is 0.639. The SMILES string of the molecule is CN(CC(=O)NNC(=O)CN1CCCc2ccccc21)S(=O)(=O)c1ccc(C#N)cc1. The second-order valence-corrected chi connectivity index (χ2v) is 9.19. The molecule has 3 rings (SSSR count). The Labute approximate surface area is 181 Å². The molecule has 2 aromatic carbocycles. The second kappa shape index (κ2) is 9.59. The number of carbonyl (C=O) groups excluding carboxylic acids is 2. The number of hydrogen-bond acceptors (Lipinski definition) is 6. The first-order valence-electron chi connectivity index (χ1n) is 9.68. The van der Waals surface area contributed by atoms with E-state index in [-0.39, 0.29) is 11.4 Å². The lowest BCUT2D eigenvalue weighted by atomic mass is 10.0. The van der Waals surface area contributed by atoms with Crippen molar-refractivity contribution in [1.29, 1.82) is 5.26 Å². The summed E-state index contributed by atoms with van der Waals surface area (Å²) in [6, 6.07) is 15.2. The number of amides is 2. The van der Waals surface area contributed by atoms with Crippen molar-refractivity contribution in [3.8, 4) is 6.07 Å². The Morgan fingerprint density at radius 3 is 2.48 bits per heavy atom. The van der Waals surface area contributed by atoms with Crippen LogP contribution in [-0.4, -0.2) is 51.2 Å². The molecule has 0 spiro atoms. The number of aryl methyl sites for hydroxylation is 1. The van der Waals surface area contributed by atoms with Gasteiger partial charge in [0.25, 0.3) is 11.8 Å². The standard InChI is InChI=1S/C21H23N5O4S/c1-25(31(29,30)18-10-8-16(13-22)9-11-18)14-20(27)23-24-21(28)15-26-12-4-6-17-5-2-3-7-19(17)26/h2-3,5,7-11H,4,6,12,14-15H2,1H3,(H,23,27)(H,24,28). The van der Waals surface area contributed by atoms with Gasteiger partial charge in [0.05, 0.1) is 29.6 Å².